The van der Waals surface area contributed by atoms with Crippen LogP contribution in [0.3, 0.4) is 0 Å². The third-order valence-corrected chi connectivity index (χ3v) is 9.89. The summed E-state index contributed by atoms with van der Waals surface area (Å²) in [7, 11) is -1.64. The fraction of sp³-hybridized carbons (Fsp3) is 0.480. The average Bonchev–Trinajstić information content (AvgIpc) is 3.58. The normalized spacial score (nSPS) is 20.2. The molecular weight excluding hydrogens is 512 g/mol. The van der Waals surface area contributed by atoms with Crippen LogP contribution in [0.25, 0.3) is 10.7 Å². The van der Waals surface area contributed by atoms with Gasteiger partial charge in [-0.1, -0.05) is 17.3 Å². The number of aryl methyl sites for hydroxylation is 1. The average molecular weight is 545 g/mol. The zero-order chi connectivity index (χ0) is 26.0. The molecule has 0 saturated carbocycles. The molecule has 2 fully saturated rings. The molecule has 2 saturated heterocycles. The third-order valence-electron chi connectivity index (χ3n) is 6.98. The lowest BCUT2D eigenvalue weighted by atomic mass is 9.97. The van der Waals surface area contributed by atoms with E-state index in [2.05, 4.69) is 25.3 Å². The van der Waals surface area contributed by atoms with Crippen LogP contribution in [0.2, 0.25) is 0 Å². The summed E-state index contributed by atoms with van der Waals surface area (Å²) in [5, 5.41) is 9.00. The van der Waals surface area contributed by atoms with Crippen molar-refractivity contribution in [2.75, 3.05) is 51.6 Å². The minimum absolute atomic E-state index is 0.110. The SMILES string of the molecule is Cc1ccc(NC(=O)C2CCCN(Cc3nc(-c4cccs4)no3)C2)cc1S(=O)(=O)N1CCN(C)CC1. The molecule has 1 unspecified atom stereocenters. The number of benzene rings is 1. The molecule has 0 bridgehead atoms. The summed E-state index contributed by atoms with van der Waals surface area (Å²) in [4.78, 5) is 23.1. The van der Waals surface area contributed by atoms with Gasteiger partial charge in [-0.2, -0.15) is 9.29 Å². The number of piperazine rings is 1. The second-order valence-electron chi connectivity index (χ2n) is 9.74. The topological polar surface area (TPSA) is 112 Å². The fourth-order valence-electron chi connectivity index (χ4n) is 4.80. The van der Waals surface area contributed by atoms with Crippen molar-refractivity contribution in [3.63, 3.8) is 0 Å². The van der Waals surface area contributed by atoms with Gasteiger partial charge in [-0.3, -0.25) is 9.69 Å². The lowest BCUT2D eigenvalue weighted by molar-refractivity contribution is -0.121. The van der Waals surface area contributed by atoms with Crippen LogP contribution < -0.4 is 5.32 Å². The summed E-state index contributed by atoms with van der Waals surface area (Å²) >= 11 is 1.56. The number of anilines is 1. The Morgan fingerprint density at radius 3 is 2.76 bits per heavy atom. The number of amides is 1. The van der Waals surface area contributed by atoms with E-state index >= 15 is 0 Å². The van der Waals surface area contributed by atoms with Crippen LogP contribution in [0, 0.1) is 12.8 Å². The number of hydrogen-bond acceptors (Lipinski definition) is 9. The number of piperidine rings is 1. The minimum atomic E-state index is -3.63. The highest BCUT2D eigenvalue weighted by Crippen LogP contribution is 2.27. The fourth-order valence-corrected chi connectivity index (χ4v) is 7.12. The number of hydrogen-bond donors (Lipinski definition) is 1. The van der Waals surface area contributed by atoms with Crippen molar-refractivity contribution in [1.29, 1.82) is 0 Å². The van der Waals surface area contributed by atoms with Gasteiger partial charge in [0.1, 0.15) is 0 Å². The van der Waals surface area contributed by atoms with E-state index in [1.54, 1.807) is 36.5 Å². The summed E-state index contributed by atoms with van der Waals surface area (Å²) in [5.41, 5.74) is 1.17. The van der Waals surface area contributed by atoms with Crippen LogP contribution in [0.15, 0.2) is 45.1 Å². The van der Waals surface area contributed by atoms with Gasteiger partial charge in [0.05, 0.1) is 22.2 Å². The molecule has 5 rings (SSSR count). The van der Waals surface area contributed by atoms with Gasteiger partial charge in [-0.05, 0) is 62.5 Å². The molecule has 1 N–H and O–H groups in total. The van der Waals surface area contributed by atoms with E-state index in [1.807, 2.05) is 24.6 Å². The number of nitrogens with zero attached hydrogens (tertiary/aromatic N) is 5. The molecule has 12 heteroatoms. The van der Waals surface area contributed by atoms with Gasteiger partial charge in [-0.25, -0.2) is 8.42 Å². The van der Waals surface area contributed by atoms with E-state index in [-0.39, 0.29) is 16.7 Å². The molecule has 2 aliphatic rings. The number of carbonyl (C=O) groups is 1. The van der Waals surface area contributed by atoms with E-state index in [4.69, 9.17) is 4.52 Å². The Bertz CT molecular complexity index is 1330. The van der Waals surface area contributed by atoms with Crippen LogP contribution in [-0.2, 0) is 21.4 Å². The zero-order valence-electron chi connectivity index (χ0n) is 21.1. The van der Waals surface area contributed by atoms with Gasteiger partial charge in [-0.15, -0.1) is 11.3 Å². The van der Waals surface area contributed by atoms with Gasteiger partial charge in [0.15, 0.2) is 0 Å². The lowest BCUT2D eigenvalue weighted by Gasteiger charge is -2.32. The Morgan fingerprint density at radius 2 is 2.00 bits per heavy atom. The molecule has 10 nitrogen and oxygen atoms in total. The number of carbonyl (C=O) groups excluding carboxylic acids is 1. The molecule has 0 aliphatic carbocycles. The van der Waals surface area contributed by atoms with E-state index in [0.717, 1.165) is 24.3 Å². The monoisotopic (exact) mass is 544 g/mol. The molecule has 1 atom stereocenters. The molecule has 2 aromatic heterocycles. The summed E-state index contributed by atoms with van der Waals surface area (Å²) < 4.78 is 33.6. The predicted molar refractivity (Wildman–Crippen MR) is 142 cm³/mol. The van der Waals surface area contributed by atoms with Crippen molar-refractivity contribution >= 4 is 33.0 Å². The van der Waals surface area contributed by atoms with E-state index in [0.29, 0.717) is 62.2 Å². The first kappa shape index (κ1) is 26.0. The highest BCUT2D eigenvalue weighted by Gasteiger charge is 2.30. The zero-order valence-corrected chi connectivity index (χ0v) is 22.7. The van der Waals surface area contributed by atoms with Crippen LogP contribution in [0.5, 0.6) is 0 Å². The largest absolute Gasteiger partial charge is 0.338 e. The molecule has 2 aliphatic heterocycles. The van der Waals surface area contributed by atoms with Crippen molar-refractivity contribution in [2.24, 2.45) is 5.92 Å². The minimum Gasteiger partial charge on any atom is -0.338 e. The predicted octanol–water partition coefficient (Wildman–Crippen LogP) is 2.89. The summed E-state index contributed by atoms with van der Waals surface area (Å²) in [6.45, 7) is 6.01. The highest BCUT2D eigenvalue weighted by molar-refractivity contribution is 7.89. The van der Waals surface area contributed by atoms with Crippen molar-refractivity contribution in [3.8, 4) is 10.7 Å². The standard InChI is InChI=1S/C25H32N6O4S2/c1-18-7-8-20(15-22(18)37(33,34)31-12-10-29(2)11-13-31)26-25(32)19-5-3-9-30(16-19)17-23-27-24(28-35-23)21-6-4-14-36-21/h4,6-8,14-15,19H,3,5,9-13,16-17H2,1-2H3,(H,26,32). The van der Waals surface area contributed by atoms with Crippen LogP contribution in [0.1, 0.15) is 24.3 Å². The molecule has 0 radical (unpaired) electrons. The Labute approximate surface area is 221 Å². The first-order valence-electron chi connectivity index (χ1n) is 12.5. The van der Waals surface area contributed by atoms with Crippen molar-refractivity contribution < 1.29 is 17.7 Å². The Hall–Kier alpha value is -2.64. The quantitative estimate of drug-likeness (QED) is 0.483. The second kappa shape index (κ2) is 11.0. The number of nitrogens with one attached hydrogen (secondary N) is 1. The summed E-state index contributed by atoms with van der Waals surface area (Å²) in [6, 6.07) is 9.01. The van der Waals surface area contributed by atoms with Gasteiger partial charge >= 0.3 is 0 Å². The Kier molecular flexibility index (Phi) is 7.72. The smallest absolute Gasteiger partial charge is 0.243 e. The first-order valence-corrected chi connectivity index (χ1v) is 14.8. The van der Waals surface area contributed by atoms with Gasteiger partial charge in [0.2, 0.25) is 27.6 Å². The van der Waals surface area contributed by atoms with Crippen molar-refractivity contribution in [2.45, 2.75) is 31.2 Å². The van der Waals surface area contributed by atoms with E-state index < -0.39 is 10.0 Å². The summed E-state index contributed by atoms with van der Waals surface area (Å²) in [5.74, 6) is 0.786. The Balaban J connectivity index is 1.22. The molecule has 198 valence electrons. The van der Waals surface area contributed by atoms with E-state index in [9.17, 15) is 13.2 Å². The van der Waals surface area contributed by atoms with Gasteiger partial charge < -0.3 is 14.7 Å². The maximum Gasteiger partial charge on any atom is 0.243 e. The highest BCUT2D eigenvalue weighted by atomic mass is 32.2. The molecule has 1 amide bonds. The number of likely N-dealkylation sites (N-methyl/N-ethyl adjacent to an activating group) is 1. The molecule has 0 spiro atoms. The van der Waals surface area contributed by atoms with Gasteiger partial charge in [0.25, 0.3) is 0 Å². The number of sulfonamides is 1. The maximum atomic E-state index is 13.3. The maximum absolute atomic E-state index is 13.3. The number of rotatable bonds is 7. The molecule has 3 aromatic rings. The van der Waals surface area contributed by atoms with Crippen molar-refractivity contribution in [1.82, 2.24) is 24.2 Å². The number of aromatic nitrogens is 2. The van der Waals surface area contributed by atoms with Gasteiger partial charge in [0, 0.05) is 38.4 Å². The third kappa shape index (κ3) is 5.93. The Morgan fingerprint density at radius 1 is 1.19 bits per heavy atom. The summed E-state index contributed by atoms with van der Waals surface area (Å²) in [6.07, 6.45) is 1.64. The van der Waals surface area contributed by atoms with E-state index in [1.165, 1.54) is 4.31 Å². The van der Waals surface area contributed by atoms with Crippen LogP contribution >= 0.6 is 11.3 Å². The lowest BCUT2D eigenvalue weighted by Crippen LogP contribution is -2.47. The molecule has 1 aromatic carbocycles. The first-order chi connectivity index (χ1) is 17.8. The molecule has 4 heterocycles. The molecular formula is C25H32N6O4S2. The number of likely N-dealkylation sites (tertiary alicyclic amines) is 1. The second-order valence-corrected chi connectivity index (χ2v) is 12.6. The number of thiophene rings is 1. The molecule has 37 heavy (non-hydrogen) atoms. The van der Waals surface area contributed by atoms with Crippen LogP contribution in [0.4, 0.5) is 5.69 Å². The van der Waals surface area contributed by atoms with Crippen LogP contribution in [-0.4, -0.2) is 84.9 Å². The van der Waals surface area contributed by atoms with Crippen molar-refractivity contribution in [3.05, 3.63) is 47.2 Å².